The van der Waals surface area contributed by atoms with E-state index in [1.54, 1.807) is 38.6 Å². The Labute approximate surface area is 215 Å². The normalized spacial score (nSPS) is 19.3. The number of fused-ring (bicyclic) bond motifs is 4. The van der Waals surface area contributed by atoms with Crippen LogP contribution in [0.5, 0.6) is 17.2 Å². The van der Waals surface area contributed by atoms with Crippen molar-refractivity contribution in [1.29, 1.82) is 0 Å². The number of amides is 1. The molecule has 3 aromatic carbocycles. The average Bonchev–Trinajstić information content (AvgIpc) is 3.44. The van der Waals surface area contributed by atoms with Crippen LogP contribution in [0.2, 0.25) is 0 Å². The second-order valence-electron chi connectivity index (χ2n) is 9.21. The highest BCUT2D eigenvalue weighted by molar-refractivity contribution is 5.91. The summed E-state index contributed by atoms with van der Waals surface area (Å²) in [6.45, 7) is 0.611. The number of ether oxygens (including phenoxy) is 3. The summed E-state index contributed by atoms with van der Waals surface area (Å²) in [7, 11) is 4.86. The van der Waals surface area contributed by atoms with Crippen molar-refractivity contribution in [2.24, 2.45) is 5.10 Å². The molecule has 2 aliphatic heterocycles. The third-order valence-corrected chi connectivity index (χ3v) is 7.25. The van der Waals surface area contributed by atoms with Crippen molar-refractivity contribution in [3.05, 3.63) is 89.1 Å². The number of benzene rings is 3. The van der Waals surface area contributed by atoms with Crippen LogP contribution >= 0.6 is 0 Å². The molecule has 0 radical (unpaired) electrons. The van der Waals surface area contributed by atoms with Gasteiger partial charge in [-0.15, -0.1) is 0 Å². The molecule has 0 bridgehead atoms. The first-order chi connectivity index (χ1) is 18.1. The van der Waals surface area contributed by atoms with E-state index in [-0.39, 0.29) is 18.1 Å². The van der Waals surface area contributed by atoms with Gasteiger partial charge in [0.15, 0.2) is 0 Å². The number of hydrogen-bond donors (Lipinski definition) is 1. The highest BCUT2D eigenvalue weighted by Gasteiger charge is 2.49. The predicted octanol–water partition coefficient (Wildman–Crippen LogP) is 4.50. The standard InChI is InChI=1S/C29H28N4O4/c1-35-20-8-6-7-18(13-20)28-32-17-25-23(22-9-4-5-10-24(22)31-25)15-26(32)29(34)33(28)30-16-19-11-12-21(36-2)14-27(19)37-3/h4-14,16,26,28,31H,15,17H2,1-3H3/b30-16+/t26-,28?/m1/s1. The fraction of sp³-hybridized carbons (Fsp3) is 0.241. The van der Waals surface area contributed by atoms with E-state index >= 15 is 0 Å². The molecule has 8 nitrogen and oxygen atoms in total. The predicted molar refractivity (Wildman–Crippen MR) is 141 cm³/mol. The van der Waals surface area contributed by atoms with Crippen LogP contribution in [0.4, 0.5) is 0 Å². The van der Waals surface area contributed by atoms with E-state index in [0.717, 1.165) is 28.1 Å². The molecule has 2 atom stereocenters. The van der Waals surface area contributed by atoms with Gasteiger partial charge in [0.25, 0.3) is 5.91 Å². The maximum absolute atomic E-state index is 13.9. The molecule has 0 saturated carbocycles. The SMILES string of the molecule is COc1cccc(C2N(/N=C/c3ccc(OC)cc3OC)C(=O)[C@H]3Cc4c([nH]c5ccccc45)CN23)c1. The van der Waals surface area contributed by atoms with Crippen LogP contribution in [0.3, 0.4) is 0 Å². The number of nitrogens with zero attached hydrogens (tertiary/aromatic N) is 3. The number of carbonyl (C=O) groups is 1. The zero-order valence-corrected chi connectivity index (χ0v) is 21.0. The van der Waals surface area contributed by atoms with Gasteiger partial charge in [-0.2, -0.15) is 5.10 Å². The topological polar surface area (TPSA) is 79.4 Å². The van der Waals surface area contributed by atoms with Crippen molar-refractivity contribution in [2.45, 2.75) is 25.2 Å². The summed E-state index contributed by atoms with van der Waals surface area (Å²) in [4.78, 5) is 19.7. The number of aromatic amines is 1. The fourth-order valence-electron chi connectivity index (χ4n) is 5.43. The summed E-state index contributed by atoms with van der Waals surface area (Å²) in [6, 6.07) is 21.3. The number of carbonyl (C=O) groups excluding carboxylic acids is 1. The molecule has 0 aliphatic carbocycles. The van der Waals surface area contributed by atoms with Crippen LogP contribution < -0.4 is 14.2 Å². The summed E-state index contributed by atoms with van der Waals surface area (Å²) < 4.78 is 16.3. The largest absolute Gasteiger partial charge is 0.497 e. The van der Waals surface area contributed by atoms with Gasteiger partial charge in [0, 0.05) is 34.8 Å². The summed E-state index contributed by atoms with van der Waals surface area (Å²) in [5.41, 5.74) is 5.13. The maximum atomic E-state index is 13.9. The lowest BCUT2D eigenvalue weighted by molar-refractivity contribution is -0.130. The Bertz CT molecular complexity index is 1510. The zero-order valence-electron chi connectivity index (χ0n) is 21.0. The summed E-state index contributed by atoms with van der Waals surface area (Å²) in [6.07, 6.45) is 1.92. The average molecular weight is 497 g/mol. The van der Waals surface area contributed by atoms with Crippen molar-refractivity contribution in [1.82, 2.24) is 14.9 Å². The minimum Gasteiger partial charge on any atom is -0.497 e. The van der Waals surface area contributed by atoms with Crippen LogP contribution in [-0.4, -0.2) is 54.4 Å². The molecule has 1 amide bonds. The van der Waals surface area contributed by atoms with Crippen LogP contribution in [0.15, 0.2) is 71.8 Å². The summed E-state index contributed by atoms with van der Waals surface area (Å²) in [5.74, 6) is 2.00. The van der Waals surface area contributed by atoms with Crippen molar-refractivity contribution in [2.75, 3.05) is 21.3 Å². The summed E-state index contributed by atoms with van der Waals surface area (Å²) in [5, 5.41) is 7.50. The number of nitrogens with one attached hydrogen (secondary N) is 1. The molecule has 1 fully saturated rings. The number of rotatable bonds is 6. The lowest BCUT2D eigenvalue weighted by atomic mass is 9.97. The number of aromatic nitrogens is 1. The molecule has 6 rings (SSSR count). The van der Waals surface area contributed by atoms with E-state index < -0.39 is 0 Å². The van der Waals surface area contributed by atoms with Gasteiger partial charge in [-0.3, -0.25) is 9.69 Å². The molecule has 1 unspecified atom stereocenters. The van der Waals surface area contributed by atoms with Crippen molar-refractivity contribution in [3.8, 4) is 17.2 Å². The third-order valence-electron chi connectivity index (χ3n) is 7.25. The van der Waals surface area contributed by atoms with Gasteiger partial charge in [0.2, 0.25) is 0 Å². The Morgan fingerprint density at radius 2 is 1.76 bits per heavy atom. The van der Waals surface area contributed by atoms with Gasteiger partial charge in [0.05, 0.1) is 33.6 Å². The monoisotopic (exact) mass is 496 g/mol. The highest BCUT2D eigenvalue weighted by atomic mass is 16.5. The second-order valence-corrected chi connectivity index (χ2v) is 9.21. The first-order valence-electron chi connectivity index (χ1n) is 12.2. The number of H-pyrrole nitrogens is 1. The van der Waals surface area contributed by atoms with Gasteiger partial charge < -0.3 is 19.2 Å². The lowest BCUT2D eigenvalue weighted by Gasteiger charge is -2.32. The van der Waals surface area contributed by atoms with Crippen LogP contribution in [-0.2, 0) is 17.8 Å². The maximum Gasteiger partial charge on any atom is 0.262 e. The Balaban J connectivity index is 1.41. The molecule has 4 aromatic rings. The molecule has 1 saturated heterocycles. The van der Waals surface area contributed by atoms with Gasteiger partial charge in [-0.05, 0) is 47.9 Å². The minimum atomic E-state index is -0.382. The Kier molecular flexibility index (Phi) is 5.81. The molecular weight excluding hydrogens is 468 g/mol. The van der Waals surface area contributed by atoms with Crippen molar-refractivity contribution >= 4 is 23.0 Å². The smallest absolute Gasteiger partial charge is 0.262 e. The van der Waals surface area contributed by atoms with Crippen LogP contribution in [0, 0.1) is 0 Å². The van der Waals surface area contributed by atoms with Gasteiger partial charge in [0.1, 0.15) is 23.4 Å². The third kappa shape index (κ3) is 3.90. The molecular formula is C29H28N4O4. The number of methoxy groups -OCH3 is 3. The first kappa shape index (κ1) is 23.1. The zero-order chi connectivity index (χ0) is 25.5. The molecule has 3 heterocycles. The van der Waals surface area contributed by atoms with E-state index in [0.29, 0.717) is 24.5 Å². The molecule has 188 valence electrons. The fourth-order valence-corrected chi connectivity index (χ4v) is 5.43. The molecule has 37 heavy (non-hydrogen) atoms. The minimum absolute atomic E-state index is 0.0347. The lowest BCUT2D eigenvalue weighted by Crippen LogP contribution is -2.39. The van der Waals surface area contributed by atoms with Gasteiger partial charge >= 0.3 is 0 Å². The van der Waals surface area contributed by atoms with Gasteiger partial charge in [-0.1, -0.05) is 30.3 Å². The van der Waals surface area contributed by atoms with E-state index in [1.165, 1.54) is 10.9 Å². The van der Waals surface area contributed by atoms with E-state index in [2.05, 4.69) is 22.0 Å². The molecule has 8 heteroatoms. The second kappa shape index (κ2) is 9.29. The molecule has 1 N–H and O–H groups in total. The first-order valence-corrected chi connectivity index (χ1v) is 12.2. The Morgan fingerprint density at radius 3 is 2.57 bits per heavy atom. The summed E-state index contributed by atoms with van der Waals surface area (Å²) >= 11 is 0. The number of hydrogen-bond acceptors (Lipinski definition) is 6. The van der Waals surface area contributed by atoms with E-state index in [4.69, 9.17) is 19.3 Å². The Morgan fingerprint density at radius 1 is 0.946 bits per heavy atom. The molecule has 0 spiro atoms. The number of hydrazone groups is 1. The Hall–Kier alpha value is -4.30. The molecule has 1 aromatic heterocycles. The quantitative estimate of drug-likeness (QED) is 0.398. The van der Waals surface area contributed by atoms with Crippen LogP contribution in [0.1, 0.15) is 28.6 Å². The highest BCUT2D eigenvalue weighted by Crippen LogP contribution is 2.42. The number of para-hydroxylation sites is 1. The van der Waals surface area contributed by atoms with Crippen molar-refractivity contribution in [3.63, 3.8) is 0 Å². The van der Waals surface area contributed by atoms with E-state index in [1.807, 2.05) is 48.5 Å². The van der Waals surface area contributed by atoms with Crippen molar-refractivity contribution < 1.29 is 19.0 Å². The van der Waals surface area contributed by atoms with Crippen LogP contribution in [0.25, 0.3) is 10.9 Å². The molecule has 2 aliphatic rings. The van der Waals surface area contributed by atoms with Gasteiger partial charge in [-0.25, -0.2) is 5.01 Å². The van der Waals surface area contributed by atoms with E-state index in [9.17, 15) is 4.79 Å².